The second-order valence-electron chi connectivity index (χ2n) is 13.2. The molecule has 0 aromatic carbocycles. The van der Waals surface area contributed by atoms with E-state index in [-0.39, 0.29) is 29.2 Å². The molecule has 0 heterocycles. The molecule has 5 atom stereocenters. The van der Waals surface area contributed by atoms with Gasteiger partial charge in [0.05, 0.1) is 0 Å². The van der Waals surface area contributed by atoms with Crippen molar-refractivity contribution in [3.05, 3.63) is 85.1 Å². The maximum atomic E-state index is 11.2. The minimum Gasteiger partial charge on any atom is -0.478 e. The van der Waals surface area contributed by atoms with Crippen LogP contribution in [0.5, 0.6) is 0 Å². The van der Waals surface area contributed by atoms with Gasteiger partial charge in [-0.3, -0.25) is 9.59 Å². The fourth-order valence-electron chi connectivity index (χ4n) is 5.00. The molecule has 3 aliphatic rings. The molecule has 0 aromatic heterocycles. The lowest BCUT2D eigenvalue weighted by atomic mass is 9.75. The average Bonchev–Trinajstić information content (AvgIpc) is 3.00. The van der Waals surface area contributed by atoms with E-state index in [1.54, 1.807) is 0 Å². The SMILES string of the molecule is C=C(C)C(=O)O.C=C(C)C1CC=C(C)C(=O)C1.C=C(C)C1CC=C(C)C(=O)C1.C=CC(=O)O.C=CC(=O)OC1CC(C)CCC1C(C)C. The van der Waals surface area contributed by atoms with Gasteiger partial charge >= 0.3 is 17.9 Å². The summed E-state index contributed by atoms with van der Waals surface area (Å²) in [7, 11) is 0. The van der Waals surface area contributed by atoms with Crippen molar-refractivity contribution in [1.29, 1.82) is 0 Å². The van der Waals surface area contributed by atoms with Crippen LogP contribution in [-0.2, 0) is 28.7 Å². The molecule has 0 aliphatic heterocycles. The van der Waals surface area contributed by atoms with Crippen LogP contribution in [0.4, 0.5) is 0 Å². The predicted molar refractivity (Wildman–Crippen MR) is 194 cm³/mol. The molecule has 0 spiro atoms. The van der Waals surface area contributed by atoms with Crippen molar-refractivity contribution in [1.82, 2.24) is 0 Å². The Kier molecular flexibility index (Phi) is 23.1. The minimum absolute atomic E-state index is 0.0965. The Morgan fingerprint density at radius 1 is 0.833 bits per heavy atom. The maximum Gasteiger partial charge on any atom is 0.330 e. The molecule has 8 heteroatoms. The van der Waals surface area contributed by atoms with Crippen molar-refractivity contribution in [2.75, 3.05) is 0 Å². The number of carboxylic acid groups (broad SMARTS) is 2. The summed E-state index contributed by atoms with van der Waals surface area (Å²) in [4.78, 5) is 52.5. The van der Waals surface area contributed by atoms with Crippen molar-refractivity contribution >= 4 is 29.5 Å². The van der Waals surface area contributed by atoms with Crippen molar-refractivity contribution in [2.24, 2.45) is 29.6 Å². The second kappa shape index (κ2) is 24.1. The van der Waals surface area contributed by atoms with Crippen LogP contribution in [0.25, 0.3) is 0 Å². The van der Waals surface area contributed by atoms with E-state index in [9.17, 15) is 24.0 Å². The number of Topliss-reactive ketones (excluding diaryl/α,β-unsaturated/α-hetero) is 2. The van der Waals surface area contributed by atoms with Gasteiger partial charge in [0.15, 0.2) is 11.6 Å². The number of allylic oxidation sites excluding steroid dienone is 6. The third-order valence-electron chi connectivity index (χ3n) is 8.49. The molecule has 8 nitrogen and oxygen atoms in total. The molecule has 2 N–H and O–H groups in total. The minimum atomic E-state index is -0.981. The lowest BCUT2D eigenvalue weighted by Crippen LogP contribution is -2.35. The summed E-state index contributed by atoms with van der Waals surface area (Å²) < 4.78 is 5.43. The van der Waals surface area contributed by atoms with E-state index in [1.165, 1.54) is 25.8 Å². The predicted octanol–water partition coefficient (Wildman–Crippen LogP) is 9.06. The van der Waals surface area contributed by atoms with Crippen LogP contribution in [0.1, 0.15) is 100 Å². The van der Waals surface area contributed by atoms with Crippen LogP contribution in [0, 0.1) is 29.6 Å². The lowest BCUT2D eigenvalue weighted by molar-refractivity contribution is -0.149. The number of ketones is 2. The number of hydrogen-bond acceptors (Lipinski definition) is 6. The van der Waals surface area contributed by atoms with Gasteiger partial charge in [0, 0.05) is 30.6 Å². The summed E-state index contributed by atoms with van der Waals surface area (Å²) in [5.74, 6) is 0.929. The fraction of sp³-hybridized carbons (Fsp3) is 0.525. The number of aliphatic carboxylic acids is 2. The zero-order valence-corrected chi connectivity index (χ0v) is 30.6. The molecular formula is C40H60O8. The number of carbonyl (C=O) groups excluding carboxylic acids is 3. The molecule has 48 heavy (non-hydrogen) atoms. The van der Waals surface area contributed by atoms with Crippen LogP contribution >= 0.6 is 0 Å². The van der Waals surface area contributed by atoms with E-state index in [2.05, 4.69) is 53.7 Å². The summed E-state index contributed by atoms with van der Waals surface area (Å²) in [5, 5.41) is 15.5. The highest BCUT2D eigenvalue weighted by Crippen LogP contribution is 2.35. The Balaban J connectivity index is 0. The Morgan fingerprint density at radius 2 is 1.23 bits per heavy atom. The van der Waals surface area contributed by atoms with Crippen LogP contribution in [0.15, 0.2) is 85.1 Å². The zero-order valence-electron chi connectivity index (χ0n) is 30.6. The lowest BCUT2D eigenvalue weighted by Gasteiger charge is -2.36. The average molecular weight is 669 g/mol. The Bertz CT molecular complexity index is 1180. The van der Waals surface area contributed by atoms with Crippen molar-refractivity contribution in [3.8, 4) is 0 Å². The summed E-state index contributed by atoms with van der Waals surface area (Å²) in [6, 6.07) is 0. The topological polar surface area (TPSA) is 135 Å². The van der Waals surface area contributed by atoms with Gasteiger partial charge in [-0.05, 0) is 101 Å². The second-order valence-corrected chi connectivity index (χ2v) is 13.2. The van der Waals surface area contributed by atoms with E-state index in [0.717, 1.165) is 47.6 Å². The van der Waals surface area contributed by atoms with Crippen LogP contribution < -0.4 is 0 Å². The highest BCUT2D eigenvalue weighted by Gasteiger charge is 2.32. The molecule has 0 bridgehead atoms. The highest BCUT2D eigenvalue weighted by atomic mass is 16.5. The number of ether oxygens (including phenoxy) is 1. The molecule has 268 valence electrons. The van der Waals surface area contributed by atoms with Gasteiger partial charge in [0.25, 0.3) is 0 Å². The first-order valence-electron chi connectivity index (χ1n) is 16.5. The first-order valence-corrected chi connectivity index (χ1v) is 16.5. The molecule has 5 unspecified atom stereocenters. The number of carboxylic acids is 2. The third kappa shape index (κ3) is 20.2. The molecule has 0 saturated heterocycles. The summed E-state index contributed by atoms with van der Waals surface area (Å²) in [5.41, 5.74) is 4.27. The smallest absolute Gasteiger partial charge is 0.330 e. The van der Waals surface area contributed by atoms with Crippen molar-refractivity contribution < 1.29 is 38.9 Å². The van der Waals surface area contributed by atoms with Gasteiger partial charge in [-0.2, -0.15) is 0 Å². The zero-order chi connectivity index (χ0) is 37.7. The van der Waals surface area contributed by atoms with Gasteiger partial charge in [-0.1, -0.05) is 83.4 Å². The van der Waals surface area contributed by atoms with Crippen molar-refractivity contribution in [2.45, 2.75) is 106 Å². The highest BCUT2D eigenvalue weighted by molar-refractivity contribution is 5.96. The van der Waals surface area contributed by atoms with Gasteiger partial charge in [-0.15, -0.1) is 0 Å². The van der Waals surface area contributed by atoms with E-state index >= 15 is 0 Å². The molecule has 0 radical (unpaired) electrons. The Labute approximate surface area is 289 Å². The number of esters is 1. The van der Waals surface area contributed by atoms with Crippen LogP contribution in [-0.4, -0.2) is 45.8 Å². The fourth-order valence-corrected chi connectivity index (χ4v) is 5.00. The molecule has 0 aromatic rings. The van der Waals surface area contributed by atoms with Gasteiger partial charge in [0.1, 0.15) is 6.10 Å². The molecule has 0 amide bonds. The Morgan fingerprint density at radius 3 is 1.50 bits per heavy atom. The third-order valence-corrected chi connectivity index (χ3v) is 8.49. The molecular weight excluding hydrogens is 608 g/mol. The van der Waals surface area contributed by atoms with E-state index in [0.29, 0.717) is 42.4 Å². The summed E-state index contributed by atoms with van der Waals surface area (Å²) in [6.07, 6.45) is 13.0. The van der Waals surface area contributed by atoms with Crippen LogP contribution in [0.3, 0.4) is 0 Å². The number of rotatable bonds is 7. The Hall–Kier alpha value is -4.07. The first kappa shape index (κ1) is 46.1. The number of hydrogen-bond donors (Lipinski definition) is 2. The van der Waals surface area contributed by atoms with Gasteiger partial charge in [-0.25, -0.2) is 14.4 Å². The standard InChI is InChI=1S/C13H22O2.2C10H14O.C4H6O2.C3H4O2/c1-5-13(14)15-12-8-10(4)6-7-11(12)9(2)3;2*1-7(2)9-5-4-8(3)10(11)6-9;1-3(2)4(5)6;1-2-3(4)5/h5,9-12H,1,6-8H2,2-4H3;2*4,9H,1,5-6H2,2-3H3;1H2,2H3,(H,5,6);2H,1H2,(H,4,5). The first-order chi connectivity index (χ1) is 22.2. The summed E-state index contributed by atoms with van der Waals surface area (Å²) >= 11 is 0. The quantitative estimate of drug-likeness (QED) is 0.156. The molecule has 1 saturated carbocycles. The van der Waals surface area contributed by atoms with Gasteiger partial charge < -0.3 is 14.9 Å². The number of carbonyl (C=O) groups is 5. The van der Waals surface area contributed by atoms with Crippen molar-refractivity contribution in [3.63, 3.8) is 0 Å². The van der Waals surface area contributed by atoms with E-state index < -0.39 is 11.9 Å². The monoisotopic (exact) mass is 668 g/mol. The molecule has 1 fully saturated rings. The molecule has 3 rings (SSSR count). The maximum absolute atomic E-state index is 11.2. The normalized spacial score (nSPS) is 22.7. The molecule has 3 aliphatic carbocycles. The van der Waals surface area contributed by atoms with Gasteiger partial charge in [0.2, 0.25) is 0 Å². The van der Waals surface area contributed by atoms with E-state index in [1.807, 2.05) is 39.8 Å². The van der Waals surface area contributed by atoms with E-state index in [4.69, 9.17) is 14.9 Å². The van der Waals surface area contributed by atoms with Crippen LogP contribution in [0.2, 0.25) is 0 Å². The summed E-state index contributed by atoms with van der Waals surface area (Å²) in [6.45, 7) is 33.1. The largest absolute Gasteiger partial charge is 0.478 e.